The van der Waals surface area contributed by atoms with Crippen molar-refractivity contribution >= 4 is 9.84 Å². The second-order valence-corrected chi connectivity index (χ2v) is 7.35. The van der Waals surface area contributed by atoms with E-state index in [1.165, 1.54) is 0 Å². The van der Waals surface area contributed by atoms with Gasteiger partial charge in [0.05, 0.1) is 5.75 Å². The van der Waals surface area contributed by atoms with Gasteiger partial charge in [0.15, 0.2) is 9.84 Å². The highest BCUT2D eigenvalue weighted by atomic mass is 32.2. The zero-order valence-electron chi connectivity index (χ0n) is 11.4. The minimum atomic E-state index is -3.78. The van der Waals surface area contributed by atoms with E-state index in [2.05, 4.69) is 5.32 Å². The van der Waals surface area contributed by atoms with E-state index in [0.717, 1.165) is 37.5 Å². The van der Waals surface area contributed by atoms with Gasteiger partial charge < -0.3 is 5.32 Å². The van der Waals surface area contributed by atoms with Crippen LogP contribution < -0.4 is 5.32 Å². The molecule has 1 aliphatic carbocycles. The highest BCUT2D eigenvalue weighted by Gasteiger charge is 2.28. The van der Waals surface area contributed by atoms with Gasteiger partial charge in [0.25, 0.3) is 0 Å². The lowest BCUT2D eigenvalue weighted by Crippen LogP contribution is -2.30. The summed E-state index contributed by atoms with van der Waals surface area (Å²) >= 11 is 0. The second-order valence-electron chi connectivity index (χ2n) is 5.27. The van der Waals surface area contributed by atoms with E-state index in [4.69, 9.17) is 0 Å². The standard InChI is InChI=1S/C14H19F2NO2S/c1-17-13-4-2-3-10(13)7-8-20(18,19)14-9-11(15)5-6-12(14)16/h5-6,9-10,13,17H,2-4,7-8H2,1H3. The van der Waals surface area contributed by atoms with Crippen molar-refractivity contribution in [2.24, 2.45) is 5.92 Å². The Morgan fingerprint density at radius 2 is 2.05 bits per heavy atom. The fourth-order valence-corrected chi connectivity index (χ4v) is 4.38. The first-order chi connectivity index (χ1) is 9.44. The van der Waals surface area contributed by atoms with Crippen molar-refractivity contribution in [2.75, 3.05) is 12.8 Å². The molecule has 6 heteroatoms. The summed E-state index contributed by atoms with van der Waals surface area (Å²) in [5.41, 5.74) is 0. The summed E-state index contributed by atoms with van der Waals surface area (Å²) in [6, 6.07) is 2.85. The molecule has 0 spiro atoms. The van der Waals surface area contributed by atoms with Crippen LogP contribution in [0.1, 0.15) is 25.7 Å². The molecule has 0 heterocycles. The molecule has 0 aromatic heterocycles. The van der Waals surface area contributed by atoms with Crippen LogP contribution in [0.4, 0.5) is 8.78 Å². The van der Waals surface area contributed by atoms with E-state index < -0.39 is 26.4 Å². The first-order valence-corrected chi connectivity index (χ1v) is 8.44. The first-order valence-electron chi connectivity index (χ1n) is 6.79. The summed E-state index contributed by atoms with van der Waals surface area (Å²) in [7, 11) is -1.91. The molecule has 2 atom stereocenters. The summed E-state index contributed by atoms with van der Waals surface area (Å²) in [6.07, 6.45) is 3.57. The van der Waals surface area contributed by atoms with E-state index >= 15 is 0 Å². The van der Waals surface area contributed by atoms with Crippen LogP contribution >= 0.6 is 0 Å². The Bertz CT molecular complexity index is 575. The number of nitrogens with one attached hydrogen (secondary N) is 1. The van der Waals surface area contributed by atoms with Gasteiger partial charge in [-0.3, -0.25) is 0 Å². The molecule has 2 rings (SSSR count). The molecule has 20 heavy (non-hydrogen) atoms. The molecule has 0 radical (unpaired) electrons. The lowest BCUT2D eigenvalue weighted by molar-refractivity contribution is 0.413. The Labute approximate surface area is 118 Å². The van der Waals surface area contributed by atoms with E-state index in [0.29, 0.717) is 12.5 Å². The lowest BCUT2D eigenvalue weighted by Gasteiger charge is -2.18. The quantitative estimate of drug-likeness (QED) is 0.909. The van der Waals surface area contributed by atoms with Crippen LogP contribution in [0.2, 0.25) is 0 Å². The molecule has 1 saturated carbocycles. The zero-order chi connectivity index (χ0) is 14.8. The van der Waals surface area contributed by atoms with Crippen LogP contribution in [0.15, 0.2) is 23.1 Å². The normalized spacial score (nSPS) is 23.1. The Kier molecular flexibility index (Phi) is 4.75. The fraction of sp³-hybridized carbons (Fsp3) is 0.571. The van der Waals surface area contributed by atoms with E-state index in [9.17, 15) is 17.2 Å². The summed E-state index contributed by atoms with van der Waals surface area (Å²) in [4.78, 5) is -0.531. The number of hydrogen-bond donors (Lipinski definition) is 1. The molecule has 1 aromatic carbocycles. The van der Waals surface area contributed by atoms with Gasteiger partial charge in [-0.15, -0.1) is 0 Å². The molecular formula is C14H19F2NO2S. The largest absolute Gasteiger partial charge is 0.317 e. The van der Waals surface area contributed by atoms with Crippen molar-refractivity contribution in [2.45, 2.75) is 36.6 Å². The number of rotatable bonds is 5. The molecule has 0 aliphatic heterocycles. The number of benzene rings is 1. The fourth-order valence-electron chi connectivity index (χ4n) is 2.89. The lowest BCUT2D eigenvalue weighted by atomic mass is 10.0. The van der Waals surface area contributed by atoms with Crippen molar-refractivity contribution in [1.29, 1.82) is 0 Å². The predicted octanol–water partition coefficient (Wildman–Crippen LogP) is 2.52. The van der Waals surface area contributed by atoms with Crippen molar-refractivity contribution < 1.29 is 17.2 Å². The Balaban J connectivity index is 2.09. The minimum Gasteiger partial charge on any atom is -0.317 e. The maximum Gasteiger partial charge on any atom is 0.181 e. The average molecular weight is 303 g/mol. The zero-order valence-corrected chi connectivity index (χ0v) is 12.2. The maximum absolute atomic E-state index is 13.6. The van der Waals surface area contributed by atoms with Gasteiger partial charge in [-0.2, -0.15) is 0 Å². The Hall–Kier alpha value is -1.01. The van der Waals surface area contributed by atoms with Gasteiger partial charge in [-0.05, 0) is 50.4 Å². The van der Waals surface area contributed by atoms with Gasteiger partial charge >= 0.3 is 0 Å². The predicted molar refractivity (Wildman–Crippen MR) is 73.2 cm³/mol. The van der Waals surface area contributed by atoms with Crippen LogP contribution in [-0.2, 0) is 9.84 Å². The summed E-state index contributed by atoms with van der Waals surface area (Å²) in [6.45, 7) is 0. The molecule has 1 N–H and O–H groups in total. The highest BCUT2D eigenvalue weighted by Crippen LogP contribution is 2.29. The summed E-state index contributed by atoms with van der Waals surface area (Å²) < 4.78 is 50.9. The van der Waals surface area contributed by atoms with Gasteiger partial charge in [-0.1, -0.05) is 6.42 Å². The molecule has 112 valence electrons. The molecular weight excluding hydrogens is 284 g/mol. The van der Waals surface area contributed by atoms with Crippen LogP contribution in [0.5, 0.6) is 0 Å². The van der Waals surface area contributed by atoms with Gasteiger partial charge in [0, 0.05) is 6.04 Å². The number of halogens is 2. The Morgan fingerprint density at radius 1 is 1.30 bits per heavy atom. The monoisotopic (exact) mass is 303 g/mol. The molecule has 1 aromatic rings. The third-order valence-electron chi connectivity index (χ3n) is 4.02. The van der Waals surface area contributed by atoms with Gasteiger partial charge in [0.2, 0.25) is 0 Å². The number of hydrogen-bond acceptors (Lipinski definition) is 3. The van der Waals surface area contributed by atoms with Crippen molar-refractivity contribution in [3.8, 4) is 0 Å². The summed E-state index contributed by atoms with van der Waals surface area (Å²) in [5.74, 6) is -1.48. The Morgan fingerprint density at radius 3 is 2.75 bits per heavy atom. The van der Waals surface area contributed by atoms with E-state index in [-0.39, 0.29) is 11.7 Å². The molecule has 0 bridgehead atoms. The number of sulfone groups is 1. The molecule has 0 amide bonds. The molecule has 0 saturated heterocycles. The smallest absolute Gasteiger partial charge is 0.181 e. The molecule has 3 nitrogen and oxygen atoms in total. The average Bonchev–Trinajstić information content (AvgIpc) is 2.86. The van der Waals surface area contributed by atoms with Crippen LogP contribution in [0, 0.1) is 17.6 Å². The van der Waals surface area contributed by atoms with E-state index in [1.807, 2.05) is 7.05 Å². The molecule has 2 unspecified atom stereocenters. The topological polar surface area (TPSA) is 46.2 Å². The SMILES string of the molecule is CNC1CCCC1CCS(=O)(=O)c1cc(F)ccc1F. The van der Waals surface area contributed by atoms with Crippen molar-refractivity contribution in [3.63, 3.8) is 0 Å². The van der Waals surface area contributed by atoms with Crippen molar-refractivity contribution in [1.82, 2.24) is 5.32 Å². The molecule has 1 aliphatic rings. The first kappa shape index (κ1) is 15.4. The third kappa shape index (κ3) is 3.35. The van der Waals surface area contributed by atoms with E-state index in [1.54, 1.807) is 0 Å². The summed E-state index contributed by atoms with van der Waals surface area (Å²) in [5, 5.41) is 3.18. The van der Waals surface area contributed by atoms with Crippen LogP contribution in [0.25, 0.3) is 0 Å². The van der Waals surface area contributed by atoms with Gasteiger partial charge in [-0.25, -0.2) is 17.2 Å². The van der Waals surface area contributed by atoms with Gasteiger partial charge in [0.1, 0.15) is 16.5 Å². The van der Waals surface area contributed by atoms with Crippen LogP contribution in [0.3, 0.4) is 0 Å². The maximum atomic E-state index is 13.6. The van der Waals surface area contributed by atoms with Crippen LogP contribution in [-0.4, -0.2) is 27.3 Å². The minimum absolute atomic E-state index is 0.143. The third-order valence-corrected chi connectivity index (χ3v) is 5.77. The highest BCUT2D eigenvalue weighted by molar-refractivity contribution is 7.91. The molecule has 1 fully saturated rings. The second kappa shape index (κ2) is 6.18. The van der Waals surface area contributed by atoms with Crippen molar-refractivity contribution in [3.05, 3.63) is 29.8 Å².